The van der Waals surface area contributed by atoms with Gasteiger partial charge in [0.1, 0.15) is 19.3 Å². The number of unbranched alkanes of at least 4 members (excludes halogenated alkanes) is 40. The van der Waals surface area contributed by atoms with E-state index >= 15 is 0 Å². The molecule has 0 aromatic rings. The van der Waals surface area contributed by atoms with Gasteiger partial charge in [-0.1, -0.05) is 323 Å². The van der Waals surface area contributed by atoms with Crippen molar-refractivity contribution < 1.29 is 80.2 Å². The van der Waals surface area contributed by atoms with Crippen molar-refractivity contribution in [1.82, 2.24) is 0 Å². The zero-order valence-corrected chi connectivity index (χ0v) is 63.9. The van der Waals surface area contributed by atoms with E-state index in [0.717, 1.165) is 127 Å². The Morgan fingerprint density at radius 3 is 0.938 bits per heavy atom. The molecule has 96 heavy (non-hydrogen) atoms. The monoisotopic (exact) mass is 1410 g/mol. The normalized spacial score (nSPS) is 14.4. The van der Waals surface area contributed by atoms with Crippen LogP contribution >= 0.6 is 15.6 Å². The Balaban J connectivity index is 5.22. The fourth-order valence-corrected chi connectivity index (χ4v) is 12.8. The van der Waals surface area contributed by atoms with Crippen molar-refractivity contribution in [2.75, 3.05) is 39.6 Å². The first-order valence-electron chi connectivity index (χ1n) is 39.3. The van der Waals surface area contributed by atoms with E-state index in [1.165, 1.54) is 167 Å². The standard InChI is InChI=1S/C77H146O17P2/c1-7-10-12-14-16-18-19-20-25-29-32-35-42-48-54-60-75(80)88-66-73(93-76(81)61-55-49-43-36-33-30-27-24-22-21-23-26-28-31-34-39-45-51-57-69(4)5)68-92-96(85,86)90-64-71(78)63-89-95(83,84)91-67-72(65-87-74(79)59-53-47-41-17-15-13-11-8-2)94-77(82)62-56-50-44-38-37-40-46-52-58-70(6)9-3/h18-20,25,69-73,78H,7-17,21-24,26-68H2,1-6H3,(H,83,84)(H,85,86)/b19-18-,25-20-/t70?,71-,72+,73+/m0/s1. The number of phosphoric ester groups is 2. The van der Waals surface area contributed by atoms with Crippen LogP contribution in [0, 0.1) is 11.8 Å². The lowest BCUT2D eigenvalue weighted by Gasteiger charge is -2.21. The van der Waals surface area contributed by atoms with Crippen LogP contribution < -0.4 is 0 Å². The minimum absolute atomic E-state index is 0.101. The topological polar surface area (TPSA) is 237 Å². The molecule has 566 valence electrons. The molecule has 0 bridgehead atoms. The number of aliphatic hydroxyl groups excluding tert-OH is 1. The number of carbonyl (C=O) groups excluding carboxylic acids is 4. The summed E-state index contributed by atoms with van der Waals surface area (Å²) in [5, 5.41) is 10.6. The molecule has 0 saturated carbocycles. The number of rotatable bonds is 74. The van der Waals surface area contributed by atoms with Crippen LogP contribution in [0.3, 0.4) is 0 Å². The number of hydrogen-bond donors (Lipinski definition) is 3. The summed E-state index contributed by atoms with van der Waals surface area (Å²) >= 11 is 0. The molecular weight excluding hydrogens is 1260 g/mol. The molecule has 0 spiro atoms. The third-order valence-electron chi connectivity index (χ3n) is 17.7. The molecule has 0 saturated heterocycles. The molecule has 19 heteroatoms. The van der Waals surface area contributed by atoms with E-state index in [9.17, 15) is 43.2 Å². The molecule has 0 amide bonds. The molecule has 3 unspecified atom stereocenters. The highest BCUT2D eigenvalue weighted by Gasteiger charge is 2.30. The lowest BCUT2D eigenvalue weighted by molar-refractivity contribution is -0.161. The molecule has 0 aliphatic heterocycles. The molecule has 0 rings (SSSR count). The predicted octanol–water partition coefficient (Wildman–Crippen LogP) is 22.3. The van der Waals surface area contributed by atoms with Gasteiger partial charge in [-0.25, -0.2) is 9.13 Å². The molecule has 0 radical (unpaired) electrons. The fourth-order valence-electron chi connectivity index (χ4n) is 11.3. The molecule has 0 aromatic heterocycles. The van der Waals surface area contributed by atoms with Crippen LogP contribution in [-0.2, 0) is 65.4 Å². The Hall–Kier alpha value is -2.46. The Kier molecular flexibility index (Phi) is 66.6. The van der Waals surface area contributed by atoms with Crippen molar-refractivity contribution in [3.63, 3.8) is 0 Å². The third kappa shape index (κ3) is 68.7. The summed E-state index contributed by atoms with van der Waals surface area (Å²) in [6.07, 6.45) is 59.2. The van der Waals surface area contributed by atoms with Crippen molar-refractivity contribution in [3.05, 3.63) is 24.3 Å². The number of carbonyl (C=O) groups is 4. The van der Waals surface area contributed by atoms with Gasteiger partial charge >= 0.3 is 39.5 Å². The highest BCUT2D eigenvalue weighted by atomic mass is 31.2. The van der Waals surface area contributed by atoms with E-state index < -0.39 is 97.5 Å². The maximum Gasteiger partial charge on any atom is 0.472 e. The molecule has 0 aliphatic rings. The zero-order valence-electron chi connectivity index (χ0n) is 62.2. The minimum atomic E-state index is -4.96. The van der Waals surface area contributed by atoms with Gasteiger partial charge in [0.05, 0.1) is 26.4 Å². The van der Waals surface area contributed by atoms with Crippen LogP contribution in [0.25, 0.3) is 0 Å². The number of ether oxygens (including phenoxy) is 4. The molecule has 17 nitrogen and oxygen atoms in total. The maximum absolute atomic E-state index is 13.1. The fraction of sp³-hybridized carbons (Fsp3) is 0.896. The van der Waals surface area contributed by atoms with Crippen molar-refractivity contribution in [3.8, 4) is 0 Å². The first-order chi connectivity index (χ1) is 46.4. The lowest BCUT2D eigenvalue weighted by Crippen LogP contribution is -2.30. The van der Waals surface area contributed by atoms with Crippen LogP contribution in [0.15, 0.2) is 24.3 Å². The van der Waals surface area contributed by atoms with Crippen molar-refractivity contribution in [1.29, 1.82) is 0 Å². The highest BCUT2D eigenvalue weighted by Crippen LogP contribution is 2.45. The summed E-state index contributed by atoms with van der Waals surface area (Å²) in [5.74, 6) is -0.563. The number of esters is 4. The molecular formula is C77H146O17P2. The predicted molar refractivity (Wildman–Crippen MR) is 391 cm³/mol. The summed E-state index contributed by atoms with van der Waals surface area (Å²) in [6, 6.07) is 0. The Bertz CT molecular complexity index is 1950. The quantitative estimate of drug-likeness (QED) is 0.0169. The van der Waals surface area contributed by atoms with Gasteiger partial charge in [0.15, 0.2) is 12.2 Å². The molecule has 0 aliphatic carbocycles. The summed E-state index contributed by atoms with van der Waals surface area (Å²) in [7, 11) is -9.92. The summed E-state index contributed by atoms with van der Waals surface area (Å²) < 4.78 is 68.4. The molecule has 6 atom stereocenters. The minimum Gasteiger partial charge on any atom is -0.462 e. The van der Waals surface area contributed by atoms with E-state index in [0.29, 0.717) is 25.7 Å². The van der Waals surface area contributed by atoms with Gasteiger partial charge in [-0.05, 0) is 63.2 Å². The average molecular weight is 1410 g/mol. The van der Waals surface area contributed by atoms with E-state index in [4.69, 9.17) is 37.0 Å². The average Bonchev–Trinajstić information content (AvgIpc) is 1.12. The van der Waals surface area contributed by atoms with Crippen LogP contribution in [0.5, 0.6) is 0 Å². The van der Waals surface area contributed by atoms with Gasteiger partial charge in [0, 0.05) is 25.7 Å². The number of hydrogen-bond acceptors (Lipinski definition) is 15. The second-order valence-electron chi connectivity index (χ2n) is 27.8. The van der Waals surface area contributed by atoms with E-state index in [-0.39, 0.29) is 25.7 Å². The smallest absolute Gasteiger partial charge is 0.462 e. The Morgan fingerprint density at radius 1 is 0.344 bits per heavy atom. The third-order valence-corrected chi connectivity index (χ3v) is 19.6. The van der Waals surface area contributed by atoms with Crippen molar-refractivity contribution in [2.45, 2.75) is 394 Å². The van der Waals surface area contributed by atoms with Gasteiger partial charge < -0.3 is 33.8 Å². The summed E-state index contributed by atoms with van der Waals surface area (Å²) in [5.41, 5.74) is 0. The first kappa shape index (κ1) is 93.5. The molecule has 0 heterocycles. The second kappa shape index (κ2) is 68.3. The van der Waals surface area contributed by atoms with Gasteiger partial charge in [-0.2, -0.15) is 0 Å². The maximum atomic E-state index is 13.1. The van der Waals surface area contributed by atoms with Gasteiger partial charge in [0.25, 0.3) is 0 Å². The Labute approximate surface area is 586 Å². The lowest BCUT2D eigenvalue weighted by atomic mass is 9.99. The van der Waals surface area contributed by atoms with Gasteiger partial charge in [-0.15, -0.1) is 0 Å². The first-order valence-corrected chi connectivity index (χ1v) is 42.3. The van der Waals surface area contributed by atoms with E-state index in [1.54, 1.807) is 0 Å². The highest BCUT2D eigenvalue weighted by molar-refractivity contribution is 7.47. The van der Waals surface area contributed by atoms with Gasteiger partial charge in [-0.3, -0.25) is 37.3 Å². The zero-order chi connectivity index (χ0) is 70.7. The number of aliphatic hydroxyl groups is 1. The Morgan fingerprint density at radius 2 is 0.615 bits per heavy atom. The van der Waals surface area contributed by atoms with Gasteiger partial charge in [0.2, 0.25) is 0 Å². The SMILES string of the molecule is CCCCCC/C=C\C=C/CCCCCCCC(=O)OC[C@H](COP(=O)(O)OC[C@@H](O)COP(=O)(O)OC[C@@H](COC(=O)CCCCCCCCCC)OC(=O)CCCCCCCCCCC(C)CC)OC(=O)CCCCCCCCCCCCCCCCCCCCC(C)C. The summed E-state index contributed by atoms with van der Waals surface area (Å²) in [6.45, 7) is 9.53. The van der Waals surface area contributed by atoms with Crippen LogP contribution in [0.1, 0.15) is 375 Å². The summed E-state index contributed by atoms with van der Waals surface area (Å²) in [4.78, 5) is 72.7. The van der Waals surface area contributed by atoms with E-state index in [1.807, 2.05) is 0 Å². The van der Waals surface area contributed by atoms with Crippen LogP contribution in [-0.4, -0.2) is 96.7 Å². The van der Waals surface area contributed by atoms with Crippen LogP contribution in [0.2, 0.25) is 0 Å². The number of phosphoric acid groups is 2. The van der Waals surface area contributed by atoms with Crippen LogP contribution in [0.4, 0.5) is 0 Å². The molecule has 3 N–H and O–H groups in total. The largest absolute Gasteiger partial charge is 0.472 e. The van der Waals surface area contributed by atoms with Crippen molar-refractivity contribution in [2.24, 2.45) is 11.8 Å². The van der Waals surface area contributed by atoms with E-state index in [2.05, 4.69) is 65.8 Å². The number of allylic oxidation sites excluding steroid dienone is 4. The van der Waals surface area contributed by atoms with Crippen molar-refractivity contribution >= 4 is 39.5 Å². The molecule has 0 aromatic carbocycles. The second-order valence-corrected chi connectivity index (χ2v) is 30.7. The molecule has 0 fully saturated rings.